The fraction of sp³-hybridized carbons (Fsp3) is 0.923. The number of rotatable bonds is 6. The molecule has 98 valence electrons. The lowest BCUT2D eigenvalue weighted by atomic mass is 10.4. The van der Waals surface area contributed by atoms with Gasteiger partial charge in [-0.05, 0) is 58.3 Å². The van der Waals surface area contributed by atoms with E-state index in [4.69, 9.17) is 0 Å². The monoisotopic (exact) mass is 239 g/mol. The predicted octanol–water partition coefficient (Wildman–Crippen LogP) is 0.684. The van der Waals surface area contributed by atoms with E-state index in [-0.39, 0.29) is 5.91 Å². The van der Waals surface area contributed by atoms with Gasteiger partial charge >= 0.3 is 0 Å². The van der Waals surface area contributed by atoms with Crippen LogP contribution in [0.15, 0.2) is 0 Å². The predicted molar refractivity (Wildman–Crippen MR) is 69.0 cm³/mol. The van der Waals surface area contributed by atoms with Crippen molar-refractivity contribution in [3.8, 4) is 0 Å². The van der Waals surface area contributed by atoms with Crippen LogP contribution in [0.4, 0.5) is 0 Å². The van der Waals surface area contributed by atoms with Crippen LogP contribution < -0.4 is 5.32 Å². The second kappa shape index (κ2) is 6.97. The molecule has 0 aliphatic carbocycles. The first-order valence-electron chi connectivity index (χ1n) is 7.07. The molecule has 2 fully saturated rings. The van der Waals surface area contributed by atoms with E-state index in [0.717, 1.165) is 26.1 Å². The quantitative estimate of drug-likeness (QED) is 0.693. The van der Waals surface area contributed by atoms with E-state index >= 15 is 0 Å². The molecule has 0 aromatic rings. The minimum Gasteiger partial charge on any atom is -0.342 e. The normalized spacial score (nSPS) is 21.3. The summed E-state index contributed by atoms with van der Waals surface area (Å²) in [6.45, 7) is 7.16. The van der Waals surface area contributed by atoms with Gasteiger partial charge in [0, 0.05) is 13.1 Å². The highest BCUT2D eigenvalue weighted by Crippen LogP contribution is 2.07. The first kappa shape index (κ1) is 12.8. The molecule has 2 saturated heterocycles. The van der Waals surface area contributed by atoms with Crippen LogP contribution in [0.1, 0.15) is 32.1 Å². The summed E-state index contributed by atoms with van der Waals surface area (Å²) in [4.78, 5) is 16.2. The first-order valence-corrected chi connectivity index (χ1v) is 7.07. The van der Waals surface area contributed by atoms with Crippen molar-refractivity contribution in [2.75, 3.05) is 45.8 Å². The molecule has 2 rings (SSSR count). The standard InChI is InChI=1S/C13H25N3O/c17-13(16-10-3-4-11-16)12-14-6-5-9-15-7-1-2-8-15/h14H,1-12H2. The van der Waals surface area contributed by atoms with Crippen LogP contribution in [0.5, 0.6) is 0 Å². The molecule has 2 heterocycles. The maximum atomic E-state index is 11.7. The number of carbonyl (C=O) groups is 1. The van der Waals surface area contributed by atoms with Gasteiger partial charge in [0.05, 0.1) is 6.54 Å². The van der Waals surface area contributed by atoms with Gasteiger partial charge in [-0.25, -0.2) is 0 Å². The molecule has 1 amide bonds. The fourth-order valence-corrected chi connectivity index (χ4v) is 2.71. The van der Waals surface area contributed by atoms with Gasteiger partial charge in [-0.1, -0.05) is 0 Å². The lowest BCUT2D eigenvalue weighted by molar-refractivity contribution is -0.129. The van der Waals surface area contributed by atoms with Crippen LogP contribution in [-0.4, -0.2) is 61.5 Å². The summed E-state index contributed by atoms with van der Waals surface area (Å²) in [5, 5.41) is 3.27. The van der Waals surface area contributed by atoms with E-state index in [0.29, 0.717) is 6.54 Å². The Labute approximate surface area is 104 Å². The second-order valence-corrected chi connectivity index (χ2v) is 5.17. The Morgan fingerprint density at radius 1 is 1.00 bits per heavy atom. The number of hydrogen-bond acceptors (Lipinski definition) is 3. The van der Waals surface area contributed by atoms with E-state index < -0.39 is 0 Å². The van der Waals surface area contributed by atoms with E-state index in [1.54, 1.807) is 0 Å². The zero-order valence-electron chi connectivity index (χ0n) is 10.8. The minimum atomic E-state index is 0.281. The molecule has 2 aliphatic heterocycles. The van der Waals surface area contributed by atoms with Crippen molar-refractivity contribution in [2.45, 2.75) is 32.1 Å². The number of carbonyl (C=O) groups excluding carboxylic acids is 1. The Balaban J connectivity index is 1.46. The molecule has 0 saturated carbocycles. The van der Waals surface area contributed by atoms with Crippen LogP contribution in [0.25, 0.3) is 0 Å². The molecule has 0 aromatic carbocycles. The minimum absolute atomic E-state index is 0.281. The number of hydrogen-bond donors (Lipinski definition) is 1. The lowest BCUT2D eigenvalue weighted by Crippen LogP contribution is -2.37. The van der Waals surface area contributed by atoms with Crippen LogP contribution in [0.2, 0.25) is 0 Å². The molecule has 4 nitrogen and oxygen atoms in total. The molecule has 0 aromatic heterocycles. The van der Waals surface area contributed by atoms with Crippen LogP contribution >= 0.6 is 0 Å². The summed E-state index contributed by atoms with van der Waals surface area (Å²) >= 11 is 0. The molecular formula is C13H25N3O. The van der Waals surface area contributed by atoms with Crippen LogP contribution in [0, 0.1) is 0 Å². The molecule has 0 unspecified atom stereocenters. The van der Waals surface area contributed by atoms with Gasteiger partial charge in [0.2, 0.25) is 5.91 Å². The van der Waals surface area contributed by atoms with Crippen molar-refractivity contribution in [2.24, 2.45) is 0 Å². The number of likely N-dealkylation sites (tertiary alicyclic amines) is 2. The number of amides is 1. The Morgan fingerprint density at radius 3 is 2.35 bits per heavy atom. The average Bonchev–Trinajstić information content (AvgIpc) is 3.01. The highest BCUT2D eigenvalue weighted by molar-refractivity contribution is 5.78. The molecule has 0 atom stereocenters. The van der Waals surface area contributed by atoms with E-state index in [9.17, 15) is 4.79 Å². The zero-order chi connectivity index (χ0) is 11.9. The van der Waals surface area contributed by atoms with E-state index in [1.165, 1.54) is 45.3 Å². The topological polar surface area (TPSA) is 35.6 Å². The number of nitrogens with one attached hydrogen (secondary N) is 1. The zero-order valence-corrected chi connectivity index (χ0v) is 10.8. The van der Waals surface area contributed by atoms with Crippen molar-refractivity contribution in [1.82, 2.24) is 15.1 Å². The Hall–Kier alpha value is -0.610. The van der Waals surface area contributed by atoms with Crippen molar-refractivity contribution in [3.63, 3.8) is 0 Å². The Bertz CT molecular complexity index is 233. The fourth-order valence-electron chi connectivity index (χ4n) is 2.71. The second-order valence-electron chi connectivity index (χ2n) is 5.17. The third-order valence-corrected chi connectivity index (χ3v) is 3.76. The summed E-state index contributed by atoms with van der Waals surface area (Å²) < 4.78 is 0. The van der Waals surface area contributed by atoms with Gasteiger partial charge in [0.15, 0.2) is 0 Å². The van der Waals surface area contributed by atoms with Gasteiger partial charge in [-0.3, -0.25) is 4.79 Å². The van der Waals surface area contributed by atoms with Crippen molar-refractivity contribution in [3.05, 3.63) is 0 Å². The van der Waals surface area contributed by atoms with Crippen LogP contribution in [-0.2, 0) is 4.79 Å². The highest BCUT2D eigenvalue weighted by atomic mass is 16.2. The smallest absolute Gasteiger partial charge is 0.236 e. The molecule has 17 heavy (non-hydrogen) atoms. The van der Waals surface area contributed by atoms with E-state index in [2.05, 4.69) is 10.2 Å². The Kier molecular flexibility index (Phi) is 5.26. The van der Waals surface area contributed by atoms with Crippen molar-refractivity contribution < 1.29 is 4.79 Å². The summed E-state index contributed by atoms with van der Waals surface area (Å²) in [7, 11) is 0. The maximum absolute atomic E-state index is 11.7. The van der Waals surface area contributed by atoms with Gasteiger partial charge in [0.25, 0.3) is 0 Å². The maximum Gasteiger partial charge on any atom is 0.236 e. The van der Waals surface area contributed by atoms with Gasteiger partial charge in [-0.15, -0.1) is 0 Å². The molecule has 2 aliphatic rings. The summed E-state index contributed by atoms with van der Waals surface area (Å²) in [5.74, 6) is 0.281. The third kappa shape index (κ3) is 4.28. The summed E-state index contributed by atoms with van der Waals surface area (Å²) in [6, 6.07) is 0. The van der Waals surface area contributed by atoms with Crippen LogP contribution in [0.3, 0.4) is 0 Å². The summed E-state index contributed by atoms with van der Waals surface area (Å²) in [5.41, 5.74) is 0. The van der Waals surface area contributed by atoms with Gasteiger partial charge < -0.3 is 15.1 Å². The number of nitrogens with zero attached hydrogens (tertiary/aromatic N) is 2. The Morgan fingerprint density at radius 2 is 1.65 bits per heavy atom. The highest BCUT2D eigenvalue weighted by Gasteiger charge is 2.16. The largest absolute Gasteiger partial charge is 0.342 e. The molecule has 0 bridgehead atoms. The molecule has 0 spiro atoms. The molecular weight excluding hydrogens is 214 g/mol. The molecule has 1 N–H and O–H groups in total. The van der Waals surface area contributed by atoms with E-state index in [1.807, 2.05) is 4.90 Å². The van der Waals surface area contributed by atoms with Crippen molar-refractivity contribution >= 4 is 5.91 Å². The molecule has 0 radical (unpaired) electrons. The summed E-state index contributed by atoms with van der Waals surface area (Å²) in [6.07, 6.45) is 6.25. The SMILES string of the molecule is O=C(CNCCCN1CCCC1)N1CCCC1. The first-order chi connectivity index (χ1) is 8.36. The van der Waals surface area contributed by atoms with Gasteiger partial charge in [0.1, 0.15) is 0 Å². The van der Waals surface area contributed by atoms with Gasteiger partial charge in [-0.2, -0.15) is 0 Å². The third-order valence-electron chi connectivity index (χ3n) is 3.76. The van der Waals surface area contributed by atoms with Crippen molar-refractivity contribution in [1.29, 1.82) is 0 Å². The average molecular weight is 239 g/mol. The lowest BCUT2D eigenvalue weighted by Gasteiger charge is -2.16. The molecule has 4 heteroatoms.